The molecule has 1 heterocycles. The molecular formula is C23H20N2O4. The van der Waals surface area contributed by atoms with Crippen LogP contribution in [0.5, 0.6) is 5.75 Å². The number of nitrogens with one attached hydrogen (secondary N) is 2. The highest BCUT2D eigenvalue weighted by Gasteiger charge is 2.35. The monoisotopic (exact) mass is 388 g/mol. The smallest absolute Gasteiger partial charge is 0.264 e. The van der Waals surface area contributed by atoms with Crippen molar-refractivity contribution in [2.75, 3.05) is 5.32 Å². The van der Waals surface area contributed by atoms with Crippen molar-refractivity contribution in [2.45, 2.75) is 18.9 Å². The minimum Gasteiger partial charge on any atom is -0.509 e. The van der Waals surface area contributed by atoms with Crippen LogP contribution in [-0.2, 0) is 16.0 Å². The zero-order valence-electron chi connectivity index (χ0n) is 15.6. The SMILES string of the molecule is O=C(Nc1ccc2ccc(O)cc2c1)C1=C(O)C(CCc2ccccc2)NC1=O. The van der Waals surface area contributed by atoms with Crippen LogP contribution in [-0.4, -0.2) is 28.1 Å². The third-order valence-electron chi connectivity index (χ3n) is 4.99. The van der Waals surface area contributed by atoms with Gasteiger partial charge in [-0.05, 0) is 53.4 Å². The average Bonchev–Trinajstić information content (AvgIpc) is 3.00. The zero-order chi connectivity index (χ0) is 20.4. The first-order valence-electron chi connectivity index (χ1n) is 9.33. The second-order valence-corrected chi connectivity index (χ2v) is 7.01. The highest BCUT2D eigenvalue weighted by molar-refractivity contribution is 6.24. The number of fused-ring (bicyclic) bond motifs is 1. The van der Waals surface area contributed by atoms with Crippen LogP contribution < -0.4 is 10.6 Å². The van der Waals surface area contributed by atoms with Gasteiger partial charge in [-0.25, -0.2) is 0 Å². The fourth-order valence-electron chi connectivity index (χ4n) is 3.48. The second kappa shape index (κ2) is 7.67. The summed E-state index contributed by atoms with van der Waals surface area (Å²) in [7, 11) is 0. The molecule has 4 N–H and O–H groups in total. The fourth-order valence-corrected chi connectivity index (χ4v) is 3.48. The Morgan fingerprint density at radius 1 is 0.966 bits per heavy atom. The summed E-state index contributed by atoms with van der Waals surface area (Å²) in [5.41, 5.74) is 1.29. The van der Waals surface area contributed by atoms with E-state index in [1.54, 1.807) is 36.4 Å². The molecule has 3 aromatic carbocycles. The fraction of sp³-hybridized carbons (Fsp3) is 0.130. The first kappa shape index (κ1) is 18.6. The molecule has 4 rings (SSSR count). The number of benzene rings is 3. The highest BCUT2D eigenvalue weighted by Crippen LogP contribution is 2.25. The maximum absolute atomic E-state index is 12.6. The van der Waals surface area contributed by atoms with Crippen molar-refractivity contribution in [3.8, 4) is 5.75 Å². The molecule has 0 saturated heterocycles. The molecule has 1 atom stereocenters. The zero-order valence-corrected chi connectivity index (χ0v) is 15.6. The van der Waals surface area contributed by atoms with Crippen LogP contribution in [0.25, 0.3) is 10.8 Å². The lowest BCUT2D eigenvalue weighted by atomic mass is 10.0. The summed E-state index contributed by atoms with van der Waals surface area (Å²) in [6.45, 7) is 0. The molecular weight excluding hydrogens is 368 g/mol. The average molecular weight is 388 g/mol. The second-order valence-electron chi connectivity index (χ2n) is 7.01. The van der Waals surface area contributed by atoms with E-state index in [2.05, 4.69) is 10.6 Å². The number of phenols is 1. The molecule has 6 heteroatoms. The first-order valence-corrected chi connectivity index (χ1v) is 9.33. The number of aromatic hydroxyl groups is 1. The molecule has 1 unspecified atom stereocenters. The molecule has 0 spiro atoms. The molecule has 0 radical (unpaired) electrons. The normalized spacial score (nSPS) is 16.1. The lowest BCUT2D eigenvalue weighted by Gasteiger charge is -2.10. The Labute approximate surface area is 167 Å². The number of hydrogen-bond donors (Lipinski definition) is 4. The molecule has 1 aliphatic rings. The maximum atomic E-state index is 12.6. The van der Waals surface area contributed by atoms with Gasteiger partial charge < -0.3 is 20.8 Å². The van der Waals surface area contributed by atoms with Crippen molar-refractivity contribution in [2.24, 2.45) is 0 Å². The Morgan fingerprint density at radius 3 is 2.52 bits per heavy atom. The van der Waals surface area contributed by atoms with E-state index in [9.17, 15) is 19.8 Å². The number of rotatable bonds is 5. The van der Waals surface area contributed by atoms with E-state index in [4.69, 9.17) is 0 Å². The van der Waals surface area contributed by atoms with Crippen LogP contribution in [0.1, 0.15) is 12.0 Å². The van der Waals surface area contributed by atoms with Gasteiger partial charge in [-0.15, -0.1) is 0 Å². The molecule has 2 amide bonds. The molecule has 6 nitrogen and oxygen atoms in total. The Morgan fingerprint density at radius 2 is 1.72 bits per heavy atom. The van der Waals surface area contributed by atoms with Crippen LogP contribution in [0, 0.1) is 0 Å². The van der Waals surface area contributed by atoms with Crippen molar-refractivity contribution in [3.63, 3.8) is 0 Å². The van der Waals surface area contributed by atoms with Crippen molar-refractivity contribution in [1.82, 2.24) is 5.32 Å². The predicted octanol–water partition coefficient (Wildman–Crippen LogP) is 3.43. The van der Waals surface area contributed by atoms with Crippen LogP contribution in [0.2, 0.25) is 0 Å². The van der Waals surface area contributed by atoms with Gasteiger partial charge in [0.05, 0.1) is 6.04 Å². The van der Waals surface area contributed by atoms with Crippen molar-refractivity contribution < 1.29 is 19.8 Å². The van der Waals surface area contributed by atoms with Crippen LogP contribution in [0.15, 0.2) is 78.1 Å². The van der Waals surface area contributed by atoms with E-state index >= 15 is 0 Å². The van der Waals surface area contributed by atoms with E-state index in [0.29, 0.717) is 18.5 Å². The van der Waals surface area contributed by atoms with Gasteiger partial charge in [0.1, 0.15) is 17.1 Å². The van der Waals surface area contributed by atoms with E-state index < -0.39 is 17.9 Å². The predicted molar refractivity (Wildman–Crippen MR) is 111 cm³/mol. The number of hydrogen-bond acceptors (Lipinski definition) is 4. The summed E-state index contributed by atoms with van der Waals surface area (Å²) < 4.78 is 0. The molecule has 29 heavy (non-hydrogen) atoms. The van der Waals surface area contributed by atoms with Crippen molar-refractivity contribution >= 4 is 28.3 Å². The summed E-state index contributed by atoms with van der Waals surface area (Å²) in [5, 5.41) is 27.1. The lowest BCUT2D eigenvalue weighted by molar-refractivity contribution is -0.120. The van der Waals surface area contributed by atoms with Gasteiger partial charge in [-0.2, -0.15) is 0 Å². The Bertz CT molecular complexity index is 1120. The number of amides is 2. The molecule has 146 valence electrons. The third kappa shape index (κ3) is 3.91. The summed E-state index contributed by atoms with van der Waals surface area (Å²) in [4.78, 5) is 24.9. The molecule has 0 aliphatic carbocycles. The van der Waals surface area contributed by atoms with E-state index in [1.165, 1.54) is 0 Å². The largest absolute Gasteiger partial charge is 0.509 e. The van der Waals surface area contributed by atoms with Crippen LogP contribution in [0.3, 0.4) is 0 Å². The molecule has 0 fully saturated rings. The number of phenolic OH excluding ortho intramolecular Hbond substituents is 1. The number of carbonyl (C=O) groups is 2. The van der Waals surface area contributed by atoms with Gasteiger partial charge in [0.25, 0.3) is 11.8 Å². The van der Waals surface area contributed by atoms with Gasteiger partial charge in [-0.3, -0.25) is 9.59 Å². The van der Waals surface area contributed by atoms with Crippen LogP contribution >= 0.6 is 0 Å². The molecule has 1 aliphatic heterocycles. The maximum Gasteiger partial charge on any atom is 0.264 e. The summed E-state index contributed by atoms with van der Waals surface area (Å²) in [6, 6.07) is 19.3. The molecule has 0 aromatic heterocycles. The summed E-state index contributed by atoms with van der Waals surface area (Å²) >= 11 is 0. The lowest BCUT2D eigenvalue weighted by Crippen LogP contribution is -2.30. The first-order chi connectivity index (χ1) is 14.0. The highest BCUT2D eigenvalue weighted by atomic mass is 16.3. The van der Waals surface area contributed by atoms with Gasteiger partial charge in [0.2, 0.25) is 0 Å². The Balaban J connectivity index is 1.49. The quantitative estimate of drug-likeness (QED) is 0.503. The minimum absolute atomic E-state index is 0.123. The number of aliphatic hydroxyl groups is 1. The molecule has 0 saturated carbocycles. The molecule has 3 aromatic rings. The Kier molecular flexibility index (Phi) is 4.91. The number of aliphatic hydroxyl groups excluding tert-OH is 1. The number of aryl methyl sites for hydroxylation is 1. The number of anilines is 1. The van der Waals surface area contributed by atoms with Crippen molar-refractivity contribution in [3.05, 3.63) is 83.6 Å². The van der Waals surface area contributed by atoms with Gasteiger partial charge in [-0.1, -0.05) is 42.5 Å². The standard InChI is InChI=1S/C23H20N2O4/c26-18-10-8-15-7-9-17(12-16(15)13-18)24-22(28)20-21(27)19(25-23(20)29)11-6-14-4-2-1-3-5-14/h1-5,7-10,12-13,19,26-27H,6,11H2,(H,24,28)(H,25,29). The van der Waals surface area contributed by atoms with Crippen LogP contribution in [0.4, 0.5) is 5.69 Å². The van der Waals surface area contributed by atoms with Crippen molar-refractivity contribution in [1.29, 1.82) is 0 Å². The number of carbonyl (C=O) groups excluding carboxylic acids is 2. The topological polar surface area (TPSA) is 98.7 Å². The molecule has 0 bridgehead atoms. The minimum atomic E-state index is -0.665. The van der Waals surface area contributed by atoms with E-state index in [-0.39, 0.29) is 17.1 Å². The summed E-state index contributed by atoms with van der Waals surface area (Å²) in [6.07, 6.45) is 1.16. The Hall–Kier alpha value is -3.80. The summed E-state index contributed by atoms with van der Waals surface area (Å²) in [5.74, 6) is -1.36. The van der Waals surface area contributed by atoms with Gasteiger partial charge in [0, 0.05) is 5.69 Å². The third-order valence-corrected chi connectivity index (χ3v) is 4.99. The van der Waals surface area contributed by atoms with Gasteiger partial charge >= 0.3 is 0 Å². The van der Waals surface area contributed by atoms with E-state index in [0.717, 1.165) is 16.3 Å². The van der Waals surface area contributed by atoms with Gasteiger partial charge in [0.15, 0.2) is 0 Å². The van der Waals surface area contributed by atoms with E-state index in [1.807, 2.05) is 30.3 Å².